The van der Waals surface area contributed by atoms with E-state index in [1.165, 1.54) is 0 Å². The molecular formula is C12H21NO2. The molecule has 0 amide bonds. The lowest BCUT2D eigenvalue weighted by Gasteiger charge is -2.28. The second kappa shape index (κ2) is 5.93. The highest BCUT2D eigenvalue weighted by molar-refractivity contribution is 5.06. The van der Waals surface area contributed by atoms with Crippen molar-refractivity contribution >= 4 is 0 Å². The van der Waals surface area contributed by atoms with Crippen molar-refractivity contribution < 1.29 is 9.15 Å². The Balaban J connectivity index is 2.78. The lowest BCUT2D eigenvalue weighted by Crippen LogP contribution is -2.35. The summed E-state index contributed by atoms with van der Waals surface area (Å²) in [5, 5.41) is 3.25. The quantitative estimate of drug-likeness (QED) is 0.785. The predicted octanol–water partition coefficient (Wildman–Crippen LogP) is 2.60. The van der Waals surface area contributed by atoms with Crippen molar-refractivity contribution in [3.63, 3.8) is 0 Å². The molecule has 15 heavy (non-hydrogen) atoms. The van der Waals surface area contributed by atoms with Crippen LogP contribution in [-0.4, -0.2) is 19.8 Å². The largest absolute Gasteiger partial charge is 0.468 e. The van der Waals surface area contributed by atoms with E-state index in [1.54, 1.807) is 6.26 Å². The van der Waals surface area contributed by atoms with Gasteiger partial charge in [-0.3, -0.25) is 0 Å². The van der Waals surface area contributed by atoms with Crippen LogP contribution in [0, 0.1) is 5.92 Å². The predicted molar refractivity (Wildman–Crippen MR) is 60.8 cm³/mol. The average molecular weight is 211 g/mol. The number of nitrogens with one attached hydrogen (secondary N) is 1. The van der Waals surface area contributed by atoms with Gasteiger partial charge in [0, 0.05) is 6.61 Å². The van der Waals surface area contributed by atoms with Crippen molar-refractivity contribution in [2.24, 2.45) is 5.92 Å². The smallest absolute Gasteiger partial charge is 0.123 e. The maximum absolute atomic E-state index is 5.76. The van der Waals surface area contributed by atoms with E-state index in [2.05, 4.69) is 19.2 Å². The third-order valence-electron chi connectivity index (χ3n) is 2.51. The van der Waals surface area contributed by atoms with Crippen LogP contribution in [0.25, 0.3) is 0 Å². The van der Waals surface area contributed by atoms with Crippen LogP contribution in [0.1, 0.15) is 32.6 Å². The first-order valence-corrected chi connectivity index (χ1v) is 5.53. The molecule has 1 rings (SSSR count). The van der Waals surface area contributed by atoms with Crippen molar-refractivity contribution in [1.29, 1.82) is 0 Å². The van der Waals surface area contributed by atoms with E-state index in [0.717, 1.165) is 12.4 Å². The summed E-state index contributed by atoms with van der Waals surface area (Å²) >= 11 is 0. The number of hydrogen-bond donors (Lipinski definition) is 1. The van der Waals surface area contributed by atoms with Crippen LogP contribution in [0.15, 0.2) is 22.8 Å². The molecular weight excluding hydrogens is 190 g/mol. The highest BCUT2D eigenvalue weighted by Crippen LogP contribution is 2.24. The molecule has 0 spiro atoms. The van der Waals surface area contributed by atoms with E-state index in [9.17, 15) is 0 Å². The molecule has 1 N–H and O–H groups in total. The Bertz CT molecular complexity index is 257. The second-order valence-electron chi connectivity index (χ2n) is 3.95. The molecule has 3 heteroatoms. The second-order valence-corrected chi connectivity index (χ2v) is 3.95. The van der Waals surface area contributed by atoms with Crippen LogP contribution in [0.3, 0.4) is 0 Å². The fourth-order valence-corrected chi connectivity index (χ4v) is 1.80. The zero-order valence-electron chi connectivity index (χ0n) is 9.99. The molecule has 0 bridgehead atoms. The van der Waals surface area contributed by atoms with Gasteiger partial charge in [-0.1, -0.05) is 13.8 Å². The van der Waals surface area contributed by atoms with Crippen molar-refractivity contribution in [3.05, 3.63) is 24.2 Å². The summed E-state index contributed by atoms with van der Waals surface area (Å²) in [5.74, 6) is 1.39. The Morgan fingerprint density at radius 1 is 1.47 bits per heavy atom. The minimum atomic E-state index is 0.125. The average Bonchev–Trinajstić information content (AvgIpc) is 2.71. The number of hydrogen-bond acceptors (Lipinski definition) is 3. The van der Waals surface area contributed by atoms with Crippen molar-refractivity contribution in [3.8, 4) is 0 Å². The third kappa shape index (κ3) is 3.08. The monoisotopic (exact) mass is 211 g/mol. The SMILES string of the molecule is CCOC(C(C)C)C(NC)c1ccco1. The minimum Gasteiger partial charge on any atom is -0.468 e. The van der Waals surface area contributed by atoms with Crippen LogP contribution in [0.4, 0.5) is 0 Å². The van der Waals surface area contributed by atoms with Crippen molar-refractivity contribution in [2.45, 2.75) is 32.9 Å². The van der Waals surface area contributed by atoms with Gasteiger partial charge in [0.1, 0.15) is 5.76 Å². The minimum absolute atomic E-state index is 0.125. The number of rotatable bonds is 6. The van der Waals surface area contributed by atoms with E-state index < -0.39 is 0 Å². The van der Waals surface area contributed by atoms with Gasteiger partial charge in [0.15, 0.2) is 0 Å². The number of likely N-dealkylation sites (N-methyl/N-ethyl adjacent to an activating group) is 1. The van der Waals surface area contributed by atoms with Crippen LogP contribution >= 0.6 is 0 Å². The number of furan rings is 1. The van der Waals surface area contributed by atoms with Crippen LogP contribution < -0.4 is 5.32 Å². The summed E-state index contributed by atoms with van der Waals surface area (Å²) in [5.41, 5.74) is 0. The molecule has 0 fully saturated rings. The van der Waals surface area contributed by atoms with Crippen LogP contribution in [0.5, 0.6) is 0 Å². The summed E-state index contributed by atoms with van der Waals surface area (Å²) in [6.45, 7) is 7.06. The molecule has 0 aromatic carbocycles. The maximum atomic E-state index is 5.76. The summed E-state index contributed by atoms with van der Waals surface area (Å²) < 4.78 is 11.2. The first-order valence-electron chi connectivity index (χ1n) is 5.53. The standard InChI is InChI=1S/C12H21NO2/c1-5-14-12(9(2)3)11(13-4)10-7-6-8-15-10/h6-9,11-13H,5H2,1-4H3. The first-order chi connectivity index (χ1) is 7.20. The fourth-order valence-electron chi connectivity index (χ4n) is 1.80. The Kier molecular flexibility index (Phi) is 4.85. The van der Waals surface area contributed by atoms with Crippen LogP contribution in [-0.2, 0) is 4.74 Å². The summed E-state index contributed by atoms with van der Waals surface area (Å²) in [4.78, 5) is 0. The van der Waals surface area contributed by atoms with Gasteiger partial charge in [-0.15, -0.1) is 0 Å². The van der Waals surface area contributed by atoms with Gasteiger partial charge in [-0.25, -0.2) is 0 Å². The molecule has 0 saturated heterocycles. The van der Waals surface area contributed by atoms with E-state index in [4.69, 9.17) is 9.15 Å². The molecule has 0 radical (unpaired) electrons. The number of ether oxygens (including phenoxy) is 1. The first kappa shape index (κ1) is 12.3. The van der Waals surface area contributed by atoms with Gasteiger partial charge in [0.05, 0.1) is 18.4 Å². The Morgan fingerprint density at radius 3 is 2.60 bits per heavy atom. The zero-order chi connectivity index (χ0) is 11.3. The topological polar surface area (TPSA) is 34.4 Å². The summed E-state index contributed by atoms with van der Waals surface area (Å²) in [6, 6.07) is 4.01. The lowest BCUT2D eigenvalue weighted by molar-refractivity contribution is -0.000352. The lowest BCUT2D eigenvalue weighted by atomic mass is 9.97. The van der Waals surface area contributed by atoms with E-state index in [1.807, 2.05) is 26.1 Å². The molecule has 1 aromatic rings. The maximum Gasteiger partial charge on any atom is 0.123 e. The molecule has 0 aliphatic rings. The third-order valence-corrected chi connectivity index (χ3v) is 2.51. The Hall–Kier alpha value is -0.800. The Labute approximate surface area is 91.8 Å². The van der Waals surface area contributed by atoms with Gasteiger partial charge in [0.25, 0.3) is 0 Å². The van der Waals surface area contributed by atoms with E-state index in [-0.39, 0.29) is 12.1 Å². The van der Waals surface area contributed by atoms with Crippen molar-refractivity contribution in [2.75, 3.05) is 13.7 Å². The highest BCUT2D eigenvalue weighted by Gasteiger charge is 2.26. The molecule has 2 unspecified atom stereocenters. The van der Waals surface area contributed by atoms with Gasteiger partial charge in [0.2, 0.25) is 0 Å². The van der Waals surface area contributed by atoms with E-state index >= 15 is 0 Å². The van der Waals surface area contributed by atoms with Gasteiger partial charge in [-0.05, 0) is 32.0 Å². The molecule has 86 valence electrons. The Morgan fingerprint density at radius 2 is 2.20 bits per heavy atom. The zero-order valence-corrected chi connectivity index (χ0v) is 9.99. The van der Waals surface area contributed by atoms with Gasteiger partial charge < -0.3 is 14.5 Å². The molecule has 2 atom stereocenters. The normalized spacial score (nSPS) is 15.5. The van der Waals surface area contributed by atoms with Gasteiger partial charge in [-0.2, -0.15) is 0 Å². The summed E-state index contributed by atoms with van der Waals surface area (Å²) in [6.07, 6.45) is 1.84. The van der Waals surface area contributed by atoms with Crippen LogP contribution in [0.2, 0.25) is 0 Å². The van der Waals surface area contributed by atoms with E-state index in [0.29, 0.717) is 5.92 Å². The molecule has 0 aliphatic heterocycles. The molecule has 0 aliphatic carbocycles. The molecule has 1 aromatic heterocycles. The summed E-state index contributed by atoms with van der Waals surface area (Å²) in [7, 11) is 1.93. The molecule has 3 nitrogen and oxygen atoms in total. The highest BCUT2D eigenvalue weighted by atomic mass is 16.5. The fraction of sp³-hybridized carbons (Fsp3) is 0.667. The van der Waals surface area contributed by atoms with Crippen molar-refractivity contribution in [1.82, 2.24) is 5.32 Å². The molecule has 1 heterocycles. The molecule has 0 saturated carbocycles. The van der Waals surface area contributed by atoms with Gasteiger partial charge >= 0.3 is 0 Å².